The van der Waals surface area contributed by atoms with Gasteiger partial charge in [0.2, 0.25) is 5.91 Å². The maximum atomic E-state index is 12.1. The zero-order chi connectivity index (χ0) is 11.8. The second-order valence-corrected chi connectivity index (χ2v) is 5.84. The topological polar surface area (TPSA) is 52.6 Å². The van der Waals surface area contributed by atoms with Crippen molar-refractivity contribution < 1.29 is 9.90 Å². The molecule has 2 N–H and O–H groups in total. The minimum atomic E-state index is -0.352. The maximum Gasteiger partial charge on any atom is 0.239 e. The molecule has 2 fully saturated rings. The summed E-state index contributed by atoms with van der Waals surface area (Å²) in [6.07, 6.45) is 2.37. The van der Waals surface area contributed by atoms with Crippen LogP contribution in [0.25, 0.3) is 0 Å². The zero-order valence-electron chi connectivity index (χ0n) is 10.2. The summed E-state index contributed by atoms with van der Waals surface area (Å²) in [4.78, 5) is 14.1. The molecule has 2 aliphatic heterocycles. The lowest BCUT2D eigenvalue weighted by Gasteiger charge is -2.37. The Kier molecular flexibility index (Phi) is 3.22. The second-order valence-electron chi connectivity index (χ2n) is 5.84. The quantitative estimate of drug-likeness (QED) is 0.678. The molecule has 1 amide bonds. The number of aliphatic hydroxyl groups excluding tert-OH is 1. The molecule has 0 spiro atoms. The normalized spacial score (nSPS) is 34.1. The molecule has 0 aromatic heterocycles. The van der Waals surface area contributed by atoms with E-state index >= 15 is 0 Å². The first-order valence-corrected chi connectivity index (χ1v) is 6.18. The van der Waals surface area contributed by atoms with Crippen LogP contribution >= 0.6 is 0 Å². The van der Waals surface area contributed by atoms with Gasteiger partial charge in [0, 0.05) is 19.6 Å². The van der Waals surface area contributed by atoms with E-state index in [1.165, 1.54) is 0 Å². The smallest absolute Gasteiger partial charge is 0.239 e. The molecule has 2 unspecified atom stereocenters. The summed E-state index contributed by atoms with van der Waals surface area (Å²) in [7, 11) is 0. The summed E-state index contributed by atoms with van der Waals surface area (Å²) in [6, 6.07) is -0.156. The number of nitrogens with zero attached hydrogens (tertiary/aromatic N) is 1. The Labute approximate surface area is 97.0 Å². The van der Waals surface area contributed by atoms with Gasteiger partial charge in [-0.1, -0.05) is 13.8 Å². The van der Waals surface area contributed by atoms with Crippen molar-refractivity contribution in [2.75, 3.05) is 19.6 Å². The van der Waals surface area contributed by atoms with Crippen LogP contribution in [-0.4, -0.2) is 47.7 Å². The van der Waals surface area contributed by atoms with Crippen LogP contribution in [0.5, 0.6) is 0 Å². The molecule has 16 heavy (non-hydrogen) atoms. The third-order valence-corrected chi connectivity index (χ3v) is 3.83. The van der Waals surface area contributed by atoms with E-state index in [0.717, 1.165) is 25.9 Å². The summed E-state index contributed by atoms with van der Waals surface area (Å²) in [6.45, 7) is 6.79. The van der Waals surface area contributed by atoms with E-state index in [0.29, 0.717) is 18.4 Å². The number of carbonyl (C=O) groups excluding carboxylic acids is 1. The fraction of sp³-hybridized carbons (Fsp3) is 0.917. The molecule has 0 aliphatic carbocycles. The van der Waals surface area contributed by atoms with Crippen LogP contribution < -0.4 is 5.32 Å². The molecular weight excluding hydrogens is 204 g/mol. The van der Waals surface area contributed by atoms with Gasteiger partial charge < -0.3 is 15.3 Å². The van der Waals surface area contributed by atoms with Crippen molar-refractivity contribution in [1.82, 2.24) is 10.2 Å². The van der Waals surface area contributed by atoms with Gasteiger partial charge in [0.1, 0.15) is 0 Å². The van der Waals surface area contributed by atoms with Crippen LogP contribution in [0.2, 0.25) is 0 Å². The van der Waals surface area contributed by atoms with Crippen LogP contribution in [0.3, 0.4) is 0 Å². The minimum absolute atomic E-state index is 0.156. The van der Waals surface area contributed by atoms with Crippen LogP contribution in [0.4, 0.5) is 0 Å². The van der Waals surface area contributed by atoms with Gasteiger partial charge in [-0.3, -0.25) is 4.79 Å². The van der Waals surface area contributed by atoms with Gasteiger partial charge in [0.15, 0.2) is 0 Å². The number of nitrogens with one attached hydrogen (secondary N) is 1. The SMILES string of the molecule is CC1(C)CCN(C(=O)C2CC(O)CN2)CC1. The van der Waals surface area contributed by atoms with Gasteiger partial charge in [-0.25, -0.2) is 0 Å². The largest absolute Gasteiger partial charge is 0.392 e. The van der Waals surface area contributed by atoms with Crippen LogP contribution in [0.1, 0.15) is 33.1 Å². The van der Waals surface area contributed by atoms with Crippen molar-refractivity contribution in [3.05, 3.63) is 0 Å². The van der Waals surface area contributed by atoms with Crippen molar-refractivity contribution in [2.24, 2.45) is 5.41 Å². The first-order valence-electron chi connectivity index (χ1n) is 6.18. The fourth-order valence-electron chi connectivity index (χ4n) is 2.46. The Morgan fingerprint density at radius 1 is 1.38 bits per heavy atom. The van der Waals surface area contributed by atoms with Crippen molar-refractivity contribution in [1.29, 1.82) is 0 Å². The molecule has 4 heteroatoms. The molecule has 2 rings (SSSR count). The summed E-state index contributed by atoms with van der Waals surface area (Å²) in [5.74, 6) is 0.173. The van der Waals surface area contributed by atoms with Crippen LogP contribution in [0, 0.1) is 5.41 Å². The predicted octanol–water partition coefficient (Wildman–Crippen LogP) is 0.358. The predicted molar refractivity (Wildman–Crippen MR) is 62.0 cm³/mol. The van der Waals surface area contributed by atoms with Gasteiger partial charge in [-0.05, 0) is 24.7 Å². The molecule has 4 nitrogen and oxygen atoms in total. The monoisotopic (exact) mass is 226 g/mol. The number of rotatable bonds is 1. The number of hydrogen-bond donors (Lipinski definition) is 2. The number of carbonyl (C=O) groups is 1. The number of aliphatic hydroxyl groups is 1. The Morgan fingerprint density at radius 3 is 2.50 bits per heavy atom. The molecule has 0 aromatic rings. The third-order valence-electron chi connectivity index (χ3n) is 3.83. The highest BCUT2D eigenvalue weighted by Gasteiger charge is 2.34. The van der Waals surface area contributed by atoms with E-state index in [1.807, 2.05) is 4.90 Å². The van der Waals surface area contributed by atoms with Crippen LogP contribution in [-0.2, 0) is 4.79 Å². The van der Waals surface area contributed by atoms with E-state index < -0.39 is 0 Å². The number of amides is 1. The molecule has 0 bridgehead atoms. The Morgan fingerprint density at radius 2 is 2.00 bits per heavy atom. The average Bonchev–Trinajstić information content (AvgIpc) is 2.64. The summed E-state index contributed by atoms with van der Waals surface area (Å²) >= 11 is 0. The number of β-amino-alcohol motifs (C(OH)–C–C–N with tert-alkyl or cyclic N) is 1. The van der Waals surface area contributed by atoms with Crippen molar-refractivity contribution in [3.8, 4) is 0 Å². The standard InChI is InChI=1S/C12H22N2O2/c1-12(2)3-5-14(6-4-12)11(16)10-7-9(15)8-13-10/h9-10,13,15H,3-8H2,1-2H3. The Hall–Kier alpha value is -0.610. The summed E-state index contributed by atoms with van der Waals surface area (Å²) < 4.78 is 0. The molecule has 2 aliphatic rings. The van der Waals surface area contributed by atoms with Gasteiger partial charge in [0.25, 0.3) is 0 Å². The number of likely N-dealkylation sites (tertiary alicyclic amines) is 1. The highest BCUT2D eigenvalue weighted by atomic mass is 16.3. The molecule has 2 heterocycles. The third kappa shape index (κ3) is 2.55. The summed E-state index contributed by atoms with van der Waals surface area (Å²) in [5, 5.41) is 12.5. The lowest BCUT2D eigenvalue weighted by Crippen LogP contribution is -2.48. The lowest BCUT2D eigenvalue weighted by molar-refractivity contribution is -0.135. The van der Waals surface area contributed by atoms with Gasteiger partial charge in [-0.15, -0.1) is 0 Å². The van der Waals surface area contributed by atoms with Crippen molar-refractivity contribution in [2.45, 2.75) is 45.3 Å². The van der Waals surface area contributed by atoms with E-state index in [-0.39, 0.29) is 18.1 Å². The Balaban J connectivity index is 1.87. The maximum absolute atomic E-state index is 12.1. The molecular formula is C12H22N2O2. The molecule has 0 saturated carbocycles. The number of piperidine rings is 1. The van der Waals surface area contributed by atoms with E-state index in [4.69, 9.17) is 0 Å². The first kappa shape index (κ1) is 11.9. The molecule has 2 saturated heterocycles. The minimum Gasteiger partial charge on any atom is -0.392 e. The Bertz CT molecular complexity index is 268. The van der Waals surface area contributed by atoms with E-state index in [1.54, 1.807) is 0 Å². The van der Waals surface area contributed by atoms with E-state index in [2.05, 4.69) is 19.2 Å². The van der Waals surface area contributed by atoms with E-state index in [9.17, 15) is 9.90 Å². The summed E-state index contributed by atoms with van der Waals surface area (Å²) in [5.41, 5.74) is 0.374. The van der Waals surface area contributed by atoms with Gasteiger partial charge in [0.05, 0.1) is 12.1 Å². The van der Waals surface area contributed by atoms with Crippen LogP contribution in [0.15, 0.2) is 0 Å². The van der Waals surface area contributed by atoms with Gasteiger partial charge >= 0.3 is 0 Å². The number of hydrogen-bond acceptors (Lipinski definition) is 3. The first-order chi connectivity index (χ1) is 7.48. The highest BCUT2D eigenvalue weighted by Crippen LogP contribution is 2.30. The highest BCUT2D eigenvalue weighted by molar-refractivity contribution is 5.82. The molecule has 0 radical (unpaired) electrons. The second kappa shape index (κ2) is 4.34. The fourth-order valence-corrected chi connectivity index (χ4v) is 2.46. The lowest BCUT2D eigenvalue weighted by atomic mass is 9.82. The zero-order valence-corrected chi connectivity index (χ0v) is 10.2. The molecule has 92 valence electrons. The average molecular weight is 226 g/mol. The molecule has 0 aromatic carbocycles. The van der Waals surface area contributed by atoms with Gasteiger partial charge in [-0.2, -0.15) is 0 Å². The van der Waals surface area contributed by atoms with Crippen molar-refractivity contribution in [3.63, 3.8) is 0 Å². The van der Waals surface area contributed by atoms with Crippen molar-refractivity contribution >= 4 is 5.91 Å². The molecule has 2 atom stereocenters.